The molecule has 66 valence electrons. The molecule has 0 amide bonds. The van der Waals surface area contributed by atoms with Crippen LogP contribution in [0.2, 0.25) is 0 Å². The maximum Gasteiger partial charge on any atom is 0.0374 e. The highest BCUT2D eigenvalue weighted by Gasteiger charge is 1.83. The van der Waals surface area contributed by atoms with Gasteiger partial charge in [0, 0.05) is 11.9 Å². The van der Waals surface area contributed by atoms with Crippen LogP contribution in [0.1, 0.15) is 27.2 Å². The zero-order chi connectivity index (χ0) is 9.40. The van der Waals surface area contributed by atoms with Crippen molar-refractivity contribution in [3.8, 4) is 0 Å². The van der Waals surface area contributed by atoms with Gasteiger partial charge < -0.3 is 0 Å². The molecule has 0 bridgehead atoms. The van der Waals surface area contributed by atoms with E-state index in [2.05, 4.69) is 18.5 Å². The molecule has 0 rings (SSSR count). The Balaban J connectivity index is 4.16. The monoisotopic (exact) mass is 163 g/mol. The van der Waals surface area contributed by atoms with Gasteiger partial charge in [-0.1, -0.05) is 25.7 Å². The third-order valence-corrected chi connectivity index (χ3v) is 1.25. The molecule has 0 spiro atoms. The van der Waals surface area contributed by atoms with E-state index in [0.717, 1.165) is 17.7 Å². The first-order valence-corrected chi connectivity index (χ1v) is 4.23. The Morgan fingerprint density at radius 3 is 2.67 bits per heavy atom. The molecule has 0 aromatic carbocycles. The van der Waals surface area contributed by atoms with Gasteiger partial charge in [0.15, 0.2) is 0 Å². The molecule has 0 saturated heterocycles. The highest BCUT2D eigenvalue weighted by atomic mass is 14.7. The molecule has 0 N–H and O–H groups in total. The summed E-state index contributed by atoms with van der Waals surface area (Å²) in [6, 6.07) is 0. The number of hydrogen-bond donors (Lipinski definition) is 0. The van der Waals surface area contributed by atoms with Gasteiger partial charge in [0.05, 0.1) is 0 Å². The summed E-state index contributed by atoms with van der Waals surface area (Å²) in [5, 5.41) is 0. The predicted octanol–water partition coefficient (Wildman–Crippen LogP) is 3.50. The quantitative estimate of drug-likeness (QED) is 0.444. The van der Waals surface area contributed by atoms with E-state index in [1.54, 1.807) is 0 Å². The minimum atomic E-state index is 0.973. The van der Waals surface area contributed by atoms with Crippen LogP contribution in [0.25, 0.3) is 0 Å². The van der Waals surface area contributed by atoms with E-state index in [-0.39, 0.29) is 0 Å². The molecular formula is C11H17N. The Morgan fingerprint density at radius 1 is 1.50 bits per heavy atom. The molecule has 0 saturated carbocycles. The van der Waals surface area contributed by atoms with Crippen LogP contribution in [-0.2, 0) is 0 Å². The molecule has 0 fully saturated rings. The van der Waals surface area contributed by atoms with Gasteiger partial charge in [0.2, 0.25) is 0 Å². The summed E-state index contributed by atoms with van der Waals surface area (Å²) in [6.45, 7) is 9.87. The number of hydrogen-bond acceptors (Lipinski definition) is 1. The van der Waals surface area contributed by atoms with Crippen molar-refractivity contribution in [3.05, 3.63) is 36.1 Å². The average molecular weight is 163 g/mol. The van der Waals surface area contributed by atoms with Crippen molar-refractivity contribution in [2.24, 2.45) is 4.99 Å². The van der Waals surface area contributed by atoms with Gasteiger partial charge in [0.25, 0.3) is 0 Å². The zero-order valence-corrected chi connectivity index (χ0v) is 8.17. The zero-order valence-electron chi connectivity index (χ0n) is 8.17. The molecule has 0 aliphatic heterocycles. The van der Waals surface area contributed by atoms with Gasteiger partial charge in [0.1, 0.15) is 0 Å². The fourth-order valence-electron chi connectivity index (χ4n) is 0.803. The topological polar surface area (TPSA) is 12.4 Å². The Labute approximate surface area is 75.2 Å². The molecule has 0 atom stereocenters. The van der Waals surface area contributed by atoms with Crippen LogP contribution in [0.15, 0.2) is 41.1 Å². The molecule has 0 heterocycles. The summed E-state index contributed by atoms with van der Waals surface area (Å²) in [4.78, 5) is 4.21. The molecule has 0 aromatic rings. The number of rotatable bonds is 4. The van der Waals surface area contributed by atoms with Crippen molar-refractivity contribution in [2.75, 3.05) is 0 Å². The van der Waals surface area contributed by atoms with Crippen molar-refractivity contribution >= 4 is 6.21 Å². The molecule has 12 heavy (non-hydrogen) atoms. The summed E-state index contributed by atoms with van der Waals surface area (Å²) in [5.74, 6) is 0. The lowest BCUT2D eigenvalue weighted by Gasteiger charge is -1.92. The van der Waals surface area contributed by atoms with Crippen molar-refractivity contribution in [1.29, 1.82) is 0 Å². The van der Waals surface area contributed by atoms with Crippen molar-refractivity contribution in [3.63, 3.8) is 0 Å². The number of aliphatic imine (C=N–C) groups is 1. The number of allylic oxidation sites excluding steroid dienone is 5. The molecule has 0 unspecified atom stereocenters. The van der Waals surface area contributed by atoms with Crippen molar-refractivity contribution in [2.45, 2.75) is 27.2 Å². The van der Waals surface area contributed by atoms with E-state index in [1.807, 2.05) is 38.3 Å². The Kier molecular flexibility index (Phi) is 5.98. The molecular weight excluding hydrogens is 146 g/mol. The van der Waals surface area contributed by atoms with Gasteiger partial charge >= 0.3 is 0 Å². The van der Waals surface area contributed by atoms with Crippen LogP contribution in [0.5, 0.6) is 0 Å². The standard InChI is InChI=1S/C11H17N/c1-5-7-10(3)9-11(4)12-8-6-2/h5,7-9H,3,6H2,1-2,4H3/b7-5?,11-9+,12-8?. The summed E-state index contributed by atoms with van der Waals surface area (Å²) in [5.41, 5.74) is 1.99. The number of nitrogens with zero attached hydrogens (tertiary/aromatic N) is 1. The minimum absolute atomic E-state index is 0.973. The van der Waals surface area contributed by atoms with Gasteiger partial charge in [-0.25, -0.2) is 0 Å². The fourth-order valence-corrected chi connectivity index (χ4v) is 0.803. The first kappa shape index (κ1) is 10.9. The summed E-state index contributed by atoms with van der Waals surface area (Å²) in [6.07, 6.45) is 8.77. The third kappa shape index (κ3) is 5.66. The predicted molar refractivity (Wildman–Crippen MR) is 56.5 cm³/mol. The first-order valence-electron chi connectivity index (χ1n) is 4.23. The summed E-state index contributed by atoms with van der Waals surface area (Å²) >= 11 is 0. The fraction of sp³-hybridized carbons (Fsp3) is 0.364. The Bertz CT molecular complexity index is 219. The second kappa shape index (κ2) is 6.59. The van der Waals surface area contributed by atoms with Gasteiger partial charge in [-0.2, -0.15) is 0 Å². The largest absolute Gasteiger partial charge is 0.266 e. The smallest absolute Gasteiger partial charge is 0.0374 e. The second-order valence-corrected chi connectivity index (χ2v) is 2.58. The molecule has 1 heteroatoms. The summed E-state index contributed by atoms with van der Waals surface area (Å²) in [7, 11) is 0. The lowest BCUT2D eigenvalue weighted by molar-refractivity contribution is 1.25. The second-order valence-electron chi connectivity index (χ2n) is 2.58. The summed E-state index contributed by atoms with van der Waals surface area (Å²) < 4.78 is 0. The van der Waals surface area contributed by atoms with Crippen LogP contribution in [0.4, 0.5) is 0 Å². The van der Waals surface area contributed by atoms with Gasteiger partial charge in [-0.05, 0) is 31.9 Å². The van der Waals surface area contributed by atoms with Crippen LogP contribution >= 0.6 is 0 Å². The molecule has 0 aliphatic rings. The van der Waals surface area contributed by atoms with Crippen LogP contribution in [-0.4, -0.2) is 6.21 Å². The third-order valence-electron chi connectivity index (χ3n) is 1.25. The van der Waals surface area contributed by atoms with E-state index < -0.39 is 0 Å². The van der Waals surface area contributed by atoms with Crippen molar-refractivity contribution in [1.82, 2.24) is 0 Å². The maximum atomic E-state index is 4.21. The van der Waals surface area contributed by atoms with Crippen LogP contribution in [0, 0.1) is 0 Å². The normalized spacial score (nSPS) is 13.1. The maximum absolute atomic E-state index is 4.21. The highest BCUT2D eigenvalue weighted by molar-refractivity contribution is 5.58. The molecule has 0 radical (unpaired) electrons. The molecule has 0 aromatic heterocycles. The van der Waals surface area contributed by atoms with E-state index in [0.29, 0.717) is 0 Å². The van der Waals surface area contributed by atoms with Gasteiger partial charge in [-0.3, -0.25) is 4.99 Å². The van der Waals surface area contributed by atoms with E-state index in [1.165, 1.54) is 0 Å². The van der Waals surface area contributed by atoms with E-state index in [9.17, 15) is 0 Å². The lowest BCUT2D eigenvalue weighted by atomic mass is 10.2. The highest BCUT2D eigenvalue weighted by Crippen LogP contribution is 2.02. The Morgan fingerprint density at radius 2 is 2.17 bits per heavy atom. The average Bonchev–Trinajstić information content (AvgIpc) is 2.01. The molecule has 1 nitrogen and oxygen atoms in total. The molecule has 0 aliphatic carbocycles. The Hall–Kier alpha value is -1.11. The van der Waals surface area contributed by atoms with Crippen LogP contribution < -0.4 is 0 Å². The minimum Gasteiger partial charge on any atom is -0.266 e. The van der Waals surface area contributed by atoms with E-state index >= 15 is 0 Å². The van der Waals surface area contributed by atoms with E-state index in [4.69, 9.17) is 0 Å². The van der Waals surface area contributed by atoms with Crippen LogP contribution in [0.3, 0.4) is 0 Å². The van der Waals surface area contributed by atoms with Crippen molar-refractivity contribution < 1.29 is 0 Å². The van der Waals surface area contributed by atoms with Gasteiger partial charge in [-0.15, -0.1) is 0 Å². The first-order chi connectivity index (χ1) is 5.70. The lowest BCUT2D eigenvalue weighted by Crippen LogP contribution is -1.74. The SMILES string of the molecule is C=C(C=CC)/C=C(\C)N=CCC.